The summed E-state index contributed by atoms with van der Waals surface area (Å²) in [6, 6.07) is 2.35. The summed E-state index contributed by atoms with van der Waals surface area (Å²) in [5.41, 5.74) is 0.127. The van der Waals surface area contributed by atoms with Crippen LogP contribution in [0, 0.1) is 5.82 Å². The third-order valence-corrected chi connectivity index (χ3v) is 1.81. The third kappa shape index (κ3) is 2.18. The Bertz CT molecular complexity index is 326. The first-order valence-electron chi connectivity index (χ1n) is 3.76. The van der Waals surface area contributed by atoms with E-state index in [2.05, 4.69) is 0 Å². The van der Waals surface area contributed by atoms with Gasteiger partial charge in [0.15, 0.2) is 17.9 Å². The first kappa shape index (κ1) is 9.99. The van der Waals surface area contributed by atoms with Crippen LogP contribution >= 0.6 is 11.6 Å². The quantitative estimate of drug-likeness (QED) is 0.705. The van der Waals surface area contributed by atoms with Gasteiger partial charge in [-0.05, 0) is 13.0 Å². The molecule has 0 saturated carbocycles. The number of ether oxygens (including phenoxy) is 1. The summed E-state index contributed by atoms with van der Waals surface area (Å²) in [6.45, 7) is 2.09. The van der Waals surface area contributed by atoms with E-state index in [4.69, 9.17) is 16.3 Å². The predicted molar refractivity (Wildman–Crippen MR) is 48.0 cm³/mol. The number of rotatable bonds is 3. The van der Waals surface area contributed by atoms with Crippen molar-refractivity contribution in [2.75, 3.05) is 6.61 Å². The van der Waals surface area contributed by atoms with Crippen LogP contribution in [-0.2, 0) is 0 Å². The lowest BCUT2D eigenvalue weighted by molar-refractivity contribution is 0.112. The summed E-state index contributed by atoms with van der Waals surface area (Å²) >= 11 is 5.66. The average molecular weight is 203 g/mol. The van der Waals surface area contributed by atoms with E-state index >= 15 is 0 Å². The van der Waals surface area contributed by atoms with Crippen LogP contribution in [0.4, 0.5) is 4.39 Å². The number of hydrogen-bond donors (Lipinski definition) is 0. The van der Waals surface area contributed by atoms with E-state index in [1.165, 1.54) is 6.07 Å². The lowest BCUT2D eigenvalue weighted by Gasteiger charge is -2.05. The van der Waals surface area contributed by atoms with Crippen LogP contribution in [0.5, 0.6) is 5.75 Å². The van der Waals surface area contributed by atoms with Crippen molar-refractivity contribution >= 4 is 17.9 Å². The van der Waals surface area contributed by atoms with E-state index in [0.717, 1.165) is 6.07 Å². The Balaban J connectivity index is 3.12. The summed E-state index contributed by atoms with van der Waals surface area (Å²) in [5, 5.41) is 0.194. The van der Waals surface area contributed by atoms with Crippen LogP contribution in [0.1, 0.15) is 17.3 Å². The highest BCUT2D eigenvalue weighted by Crippen LogP contribution is 2.25. The fourth-order valence-electron chi connectivity index (χ4n) is 0.900. The maximum absolute atomic E-state index is 13.1. The normalized spacial score (nSPS) is 9.77. The molecule has 0 amide bonds. The first-order chi connectivity index (χ1) is 6.19. The Morgan fingerprint density at radius 2 is 2.31 bits per heavy atom. The number of carbonyl (C=O) groups is 1. The highest BCUT2D eigenvalue weighted by Gasteiger charge is 2.08. The van der Waals surface area contributed by atoms with Gasteiger partial charge >= 0.3 is 0 Å². The minimum Gasteiger partial charge on any atom is -0.491 e. The van der Waals surface area contributed by atoms with Gasteiger partial charge in [0.25, 0.3) is 0 Å². The molecule has 0 aliphatic heterocycles. The number of hydrogen-bond acceptors (Lipinski definition) is 2. The molecule has 0 atom stereocenters. The molecule has 0 aliphatic carbocycles. The van der Waals surface area contributed by atoms with Crippen molar-refractivity contribution < 1.29 is 13.9 Å². The second-order valence-electron chi connectivity index (χ2n) is 2.36. The predicted octanol–water partition coefficient (Wildman–Crippen LogP) is 2.69. The molecule has 13 heavy (non-hydrogen) atoms. The summed E-state index contributed by atoms with van der Waals surface area (Å²) in [6.07, 6.45) is 0.501. The number of aldehydes is 1. The molecule has 2 nitrogen and oxygen atoms in total. The maximum Gasteiger partial charge on any atom is 0.165 e. The number of carbonyl (C=O) groups excluding carboxylic acids is 1. The van der Waals surface area contributed by atoms with Gasteiger partial charge in [0.05, 0.1) is 11.6 Å². The van der Waals surface area contributed by atoms with Crippen LogP contribution < -0.4 is 4.74 Å². The van der Waals surface area contributed by atoms with E-state index in [0.29, 0.717) is 12.9 Å². The zero-order valence-corrected chi connectivity index (χ0v) is 7.77. The third-order valence-electron chi connectivity index (χ3n) is 1.48. The molecule has 1 rings (SSSR count). The molecular weight excluding hydrogens is 195 g/mol. The molecule has 0 heterocycles. The van der Waals surface area contributed by atoms with Crippen LogP contribution in [0.25, 0.3) is 0 Å². The van der Waals surface area contributed by atoms with Gasteiger partial charge in [-0.2, -0.15) is 0 Å². The van der Waals surface area contributed by atoms with Crippen molar-refractivity contribution in [3.8, 4) is 5.75 Å². The smallest absolute Gasteiger partial charge is 0.165 e. The number of halogens is 2. The topological polar surface area (TPSA) is 26.3 Å². The Kier molecular flexibility index (Phi) is 3.25. The summed E-state index contributed by atoms with van der Waals surface area (Å²) < 4.78 is 18.0. The van der Waals surface area contributed by atoms with Gasteiger partial charge < -0.3 is 4.74 Å². The van der Waals surface area contributed by atoms with Gasteiger partial charge in [0, 0.05) is 11.6 Å². The van der Waals surface area contributed by atoms with Gasteiger partial charge in [-0.25, -0.2) is 4.39 Å². The lowest BCUT2D eigenvalue weighted by atomic mass is 10.2. The van der Waals surface area contributed by atoms with Crippen LogP contribution in [0.15, 0.2) is 12.1 Å². The van der Waals surface area contributed by atoms with Crippen molar-refractivity contribution in [1.29, 1.82) is 0 Å². The van der Waals surface area contributed by atoms with Crippen molar-refractivity contribution in [3.05, 3.63) is 28.5 Å². The molecule has 0 fully saturated rings. The average Bonchev–Trinajstić information content (AvgIpc) is 2.11. The van der Waals surface area contributed by atoms with Crippen molar-refractivity contribution in [2.45, 2.75) is 6.92 Å². The van der Waals surface area contributed by atoms with Gasteiger partial charge in [0.2, 0.25) is 0 Å². The fourth-order valence-corrected chi connectivity index (χ4v) is 1.10. The Morgan fingerprint density at radius 1 is 1.62 bits per heavy atom. The van der Waals surface area contributed by atoms with E-state index in [-0.39, 0.29) is 16.3 Å². The number of benzene rings is 1. The van der Waals surface area contributed by atoms with E-state index < -0.39 is 5.82 Å². The molecule has 4 heteroatoms. The van der Waals surface area contributed by atoms with E-state index in [1.54, 1.807) is 6.92 Å². The minimum atomic E-state index is -0.576. The molecule has 0 saturated heterocycles. The van der Waals surface area contributed by atoms with Crippen molar-refractivity contribution in [1.82, 2.24) is 0 Å². The summed E-state index contributed by atoms with van der Waals surface area (Å²) in [4.78, 5) is 10.4. The molecule has 1 aromatic rings. The lowest BCUT2D eigenvalue weighted by Crippen LogP contribution is -1.96. The monoisotopic (exact) mass is 202 g/mol. The van der Waals surface area contributed by atoms with Gasteiger partial charge in [-0.1, -0.05) is 11.6 Å². The van der Waals surface area contributed by atoms with E-state index in [9.17, 15) is 9.18 Å². The van der Waals surface area contributed by atoms with E-state index in [1.807, 2.05) is 0 Å². The zero-order valence-electron chi connectivity index (χ0n) is 7.01. The van der Waals surface area contributed by atoms with Crippen LogP contribution in [0.2, 0.25) is 5.02 Å². The largest absolute Gasteiger partial charge is 0.491 e. The zero-order chi connectivity index (χ0) is 9.84. The Hall–Kier alpha value is -1.09. The summed E-state index contributed by atoms with van der Waals surface area (Å²) in [5.74, 6) is -0.508. The molecule has 0 spiro atoms. The molecule has 0 radical (unpaired) electrons. The highest BCUT2D eigenvalue weighted by molar-refractivity contribution is 6.33. The Morgan fingerprint density at radius 3 is 2.85 bits per heavy atom. The fraction of sp³-hybridized carbons (Fsp3) is 0.222. The first-order valence-corrected chi connectivity index (χ1v) is 4.13. The molecule has 0 unspecified atom stereocenters. The van der Waals surface area contributed by atoms with Gasteiger partial charge in [-0.3, -0.25) is 4.79 Å². The second kappa shape index (κ2) is 4.23. The maximum atomic E-state index is 13.1. The van der Waals surface area contributed by atoms with Gasteiger partial charge in [0.1, 0.15) is 0 Å². The molecule has 70 valence electrons. The molecule has 0 aliphatic rings. The van der Waals surface area contributed by atoms with Crippen molar-refractivity contribution in [3.63, 3.8) is 0 Å². The van der Waals surface area contributed by atoms with Crippen LogP contribution in [0.3, 0.4) is 0 Å². The molecule has 0 bridgehead atoms. The molecule has 0 aromatic heterocycles. The molecular formula is C9H8ClFO2. The molecule has 1 aromatic carbocycles. The van der Waals surface area contributed by atoms with Crippen molar-refractivity contribution in [2.24, 2.45) is 0 Å². The second-order valence-corrected chi connectivity index (χ2v) is 2.76. The highest BCUT2D eigenvalue weighted by atomic mass is 35.5. The SMILES string of the molecule is CCOc1cc(Cl)c(C=O)cc1F. The Labute approximate surface area is 80.3 Å². The summed E-state index contributed by atoms with van der Waals surface area (Å²) in [7, 11) is 0. The minimum absolute atomic E-state index is 0.0677. The standard InChI is InChI=1S/C9H8ClFO2/c1-2-13-9-4-7(10)6(5-12)3-8(9)11/h3-5H,2H2,1H3. The molecule has 0 N–H and O–H groups in total. The van der Waals surface area contributed by atoms with Crippen LogP contribution in [-0.4, -0.2) is 12.9 Å². The van der Waals surface area contributed by atoms with Gasteiger partial charge in [-0.15, -0.1) is 0 Å².